The minimum Gasteiger partial charge on any atom is -0.487 e. The van der Waals surface area contributed by atoms with Gasteiger partial charge in [0.2, 0.25) is 0 Å². The van der Waals surface area contributed by atoms with Crippen molar-refractivity contribution < 1.29 is 14.3 Å². The Morgan fingerprint density at radius 3 is 2.61 bits per heavy atom. The minimum atomic E-state index is -0.468. The lowest BCUT2D eigenvalue weighted by molar-refractivity contribution is -0.00105. The summed E-state index contributed by atoms with van der Waals surface area (Å²) >= 11 is 5.96. The van der Waals surface area contributed by atoms with Crippen molar-refractivity contribution in [1.82, 2.24) is 9.55 Å². The van der Waals surface area contributed by atoms with E-state index in [9.17, 15) is 4.79 Å². The summed E-state index contributed by atoms with van der Waals surface area (Å²) in [4.78, 5) is 16.0. The first-order valence-electron chi connectivity index (χ1n) is 7.50. The molecule has 124 valence electrons. The van der Waals surface area contributed by atoms with Gasteiger partial charge in [-0.1, -0.05) is 25.4 Å². The summed E-state index contributed by atoms with van der Waals surface area (Å²) in [5, 5.41) is 0.662. The Hall–Kier alpha value is -2.01. The molecule has 1 aromatic carbocycles. The molecule has 0 saturated heterocycles. The van der Waals surface area contributed by atoms with Crippen molar-refractivity contribution in [2.24, 2.45) is 5.92 Å². The first-order valence-corrected chi connectivity index (χ1v) is 7.88. The summed E-state index contributed by atoms with van der Waals surface area (Å²) in [5.41, 5.74) is 0.938. The predicted molar refractivity (Wildman–Crippen MR) is 89.0 cm³/mol. The standard InChI is InChI=1S/C17H21ClN2O3/c1-11(2)16(23-17(21)20-8-7-19-10-20)13(4)22-15-6-5-14(18)9-12(15)3/h5-11,13,16H,1-4H3. The van der Waals surface area contributed by atoms with Crippen LogP contribution in [0.4, 0.5) is 4.79 Å². The molecule has 1 aromatic heterocycles. The molecule has 0 aliphatic carbocycles. The van der Waals surface area contributed by atoms with Crippen molar-refractivity contribution in [3.63, 3.8) is 0 Å². The van der Waals surface area contributed by atoms with Crippen LogP contribution in [0.25, 0.3) is 0 Å². The number of halogens is 1. The average molecular weight is 337 g/mol. The van der Waals surface area contributed by atoms with Gasteiger partial charge in [-0.15, -0.1) is 0 Å². The predicted octanol–water partition coefficient (Wildman–Crippen LogP) is 4.32. The molecule has 0 saturated carbocycles. The van der Waals surface area contributed by atoms with Gasteiger partial charge < -0.3 is 9.47 Å². The van der Waals surface area contributed by atoms with Gasteiger partial charge in [0.15, 0.2) is 0 Å². The van der Waals surface area contributed by atoms with Gasteiger partial charge in [0.05, 0.1) is 0 Å². The largest absolute Gasteiger partial charge is 0.487 e. The topological polar surface area (TPSA) is 53.4 Å². The highest BCUT2D eigenvalue weighted by atomic mass is 35.5. The first-order chi connectivity index (χ1) is 10.9. The van der Waals surface area contributed by atoms with E-state index in [1.807, 2.05) is 39.8 Å². The summed E-state index contributed by atoms with van der Waals surface area (Å²) in [6.07, 6.45) is 3.33. The average Bonchev–Trinajstić information content (AvgIpc) is 3.01. The SMILES string of the molecule is Cc1cc(Cl)ccc1OC(C)C(OC(=O)n1ccnc1)C(C)C. The van der Waals surface area contributed by atoms with Gasteiger partial charge in [-0.2, -0.15) is 0 Å². The number of carbonyl (C=O) groups is 1. The lowest BCUT2D eigenvalue weighted by Crippen LogP contribution is -2.38. The summed E-state index contributed by atoms with van der Waals surface area (Å²) in [6, 6.07) is 5.44. The Kier molecular flexibility index (Phi) is 5.66. The lowest BCUT2D eigenvalue weighted by Gasteiger charge is -2.28. The molecule has 23 heavy (non-hydrogen) atoms. The van der Waals surface area contributed by atoms with E-state index >= 15 is 0 Å². The number of nitrogens with zero attached hydrogens (tertiary/aromatic N) is 2. The van der Waals surface area contributed by atoms with Crippen molar-refractivity contribution in [2.45, 2.75) is 39.9 Å². The van der Waals surface area contributed by atoms with Gasteiger partial charge >= 0.3 is 6.09 Å². The summed E-state index contributed by atoms with van der Waals surface area (Å²) in [6.45, 7) is 7.79. The Balaban J connectivity index is 2.09. The molecule has 6 heteroatoms. The van der Waals surface area contributed by atoms with Crippen molar-refractivity contribution in [3.05, 3.63) is 47.5 Å². The van der Waals surface area contributed by atoms with Crippen LogP contribution in [0.15, 0.2) is 36.9 Å². The number of carbonyl (C=O) groups excluding carboxylic acids is 1. The molecular formula is C17H21ClN2O3. The number of rotatable bonds is 5. The van der Waals surface area contributed by atoms with Crippen LogP contribution in [0.2, 0.25) is 5.02 Å². The number of ether oxygens (including phenoxy) is 2. The second-order valence-corrected chi connectivity index (χ2v) is 6.23. The highest BCUT2D eigenvalue weighted by Crippen LogP contribution is 2.25. The zero-order chi connectivity index (χ0) is 17.0. The van der Waals surface area contributed by atoms with Crippen LogP contribution in [0.5, 0.6) is 5.75 Å². The van der Waals surface area contributed by atoms with Crippen molar-refractivity contribution in [2.75, 3.05) is 0 Å². The third-order valence-corrected chi connectivity index (χ3v) is 3.76. The van der Waals surface area contributed by atoms with Crippen LogP contribution in [-0.2, 0) is 4.74 Å². The highest BCUT2D eigenvalue weighted by Gasteiger charge is 2.27. The summed E-state index contributed by atoms with van der Waals surface area (Å²) in [5.74, 6) is 0.830. The van der Waals surface area contributed by atoms with Gasteiger partial charge in [0, 0.05) is 17.4 Å². The number of benzene rings is 1. The van der Waals surface area contributed by atoms with Gasteiger partial charge in [0.25, 0.3) is 0 Å². The second-order valence-electron chi connectivity index (χ2n) is 5.80. The molecular weight excluding hydrogens is 316 g/mol. The van der Waals surface area contributed by atoms with Gasteiger partial charge in [0.1, 0.15) is 24.3 Å². The van der Waals surface area contributed by atoms with E-state index in [0.717, 1.165) is 11.3 Å². The molecule has 0 fully saturated rings. The van der Waals surface area contributed by atoms with Crippen molar-refractivity contribution >= 4 is 17.7 Å². The number of aryl methyl sites for hydroxylation is 1. The third kappa shape index (κ3) is 4.48. The van der Waals surface area contributed by atoms with Gasteiger partial charge in [-0.25, -0.2) is 14.3 Å². The lowest BCUT2D eigenvalue weighted by atomic mass is 10.0. The van der Waals surface area contributed by atoms with Crippen LogP contribution in [0.1, 0.15) is 26.3 Å². The Labute approximate surface area is 141 Å². The second kappa shape index (κ2) is 7.51. The zero-order valence-electron chi connectivity index (χ0n) is 13.7. The van der Waals surface area contributed by atoms with Gasteiger partial charge in [-0.3, -0.25) is 0 Å². The summed E-state index contributed by atoms with van der Waals surface area (Å²) < 4.78 is 12.9. The highest BCUT2D eigenvalue weighted by molar-refractivity contribution is 6.30. The Morgan fingerprint density at radius 1 is 1.30 bits per heavy atom. The number of hydrogen-bond acceptors (Lipinski definition) is 4. The van der Waals surface area contributed by atoms with E-state index in [2.05, 4.69) is 4.98 Å². The normalized spacial score (nSPS) is 13.7. The van der Waals surface area contributed by atoms with Crippen LogP contribution in [0, 0.1) is 12.8 Å². The number of aromatic nitrogens is 2. The summed E-state index contributed by atoms with van der Waals surface area (Å²) in [7, 11) is 0. The molecule has 2 unspecified atom stereocenters. The zero-order valence-corrected chi connectivity index (χ0v) is 14.4. The van der Waals surface area contributed by atoms with Crippen LogP contribution in [-0.4, -0.2) is 27.9 Å². The van der Waals surface area contributed by atoms with E-state index in [0.29, 0.717) is 5.02 Å². The Bertz CT molecular complexity index is 656. The molecule has 1 heterocycles. The van der Waals surface area contributed by atoms with E-state index < -0.39 is 6.09 Å². The maximum atomic E-state index is 12.1. The number of hydrogen-bond donors (Lipinski definition) is 0. The molecule has 0 aliphatic heterocycles. The van der Waals surface area contributed by atoms with Crippen LogP contribution >= 0.6 is 11.6 Å². The van der Waals surface area contributed by atoms with E-state index in [1.165, 1.54) is 17.1 Å². The monoisotopic (exact) mass is 336 g/mol. The molecule has 0 N–H and O–H groups in total. The Morgan fingerprint density at radius 2 is 2.04 bits per heavy atom. The molecule has 0 aliphatic rings. The van der Waals surface area contributed by atoms with E-state index in [4.69, 9.17) is 21.1 Å². The van der Waals surface area contributed by atoms with Crippen molar-refractivity contribution in [1.29, 1.82) is 0 Å². The third-order valence-electron chi connectivity index (χ3n) is 3.52. The molecule has 0 amide bonds. The van der Waals surface area contributed by atoms with E-state index in [-0.39, 0.29) is 18.1 Å². The minimum absolute atomic E-state index is 0.102. The van der Waals surface area contributed by atoms with Crippen LogP contribution < -0.4 is 4.74 Å². The fraction of sp³-hybridized carbons (Fsp3) is 0.412. The smallest absolute Gasteiger partial charge is 0.419 e. The quantitative estimate of drug-likeness (QED) is 0.815. The molecule has 5 nitrogen and oxygen atoms in total. The molecule has 2 aromatic rings. The van der Waals surface area contributed by atoms with E-state index in [1.54, 1.807) is 12.3 Å². The maximum absolute atomic E-state index is 12.1. The molecule has 2 rings (SSSR count). The number of imidazole rings is 1. The molecule has 0 spiro atoms. The molecule has 0 bridgehead atoms. The molecule has 0 radical (unpaired) electrons. The van der Waals surface area contributed by atoms with Crippen LogP contribution in [0.3, 0.4) is 0 Å². The fourth-order valence-corrected chi connectivity index (χ4v) is 2.56. The van der Waals surface area contributed by atoms with Gasteiger partial charge in [-0.05, 0) is 43.5 Å². The first kappa shape index (κ1) is 17.3. The maximum Gasteiger partial charge on any atom is 0.419 e. The molecule has 2 atom stereocenters. The van der Waals surface area contributed by atoms with Crippen molar-refractivity contribution in [3.8, 4) is 5.75 Å². The fourth-order valence-electron chi connectivity index (χ4n) is 2.33.